The summed E-state index contributed by atoms with van der Waals surface area (Å²) < 4.78 is 18.7. The second-order valence-corrected chi connectivity index (χ2v) is 4.89. The molecule has 0 aliphatic carbocycles. The van der Waals surface area contributed by atoms with Crippen molar-refractivity contribution in [2.24, 2.45) is 0 Å². The first kappa shape index (κ1) is 15.1. The van der Waals surface area contributed by atoms with Gasteiger partial charge in [0.05, 0.1) is 12.8 Å². The average Bonchev–Trinajstić information content (AvgIpc) is 2.49. The standard InChI is InChI=1S/C14H10BrFN2O3/c1-21-14(20)12-4-2-3-11(17-12)13(19)18-10-6-5-8(15)7-9(10)16/h2-7H,1H3,(H,18,19). The first-order valence-corrected chi connectivity index (χ1v) is 6.62. The average molecular weight is 353 g/mol. The van der Waals surface area contributed by atoms with Gasteiger partial charge in [-0.2, -0.15) is 0 Å². The zero-order chi connectivity index (χ0) is 15.4. The van der Waals surface area contributed by atoms with Crippen molar-refractivity contribution in [2.45, 2.75) is 0 Å². The van der Waals surface area contributed by atoms with Gasteiger partial charge >= 0.3 is 5.97 Å². The van der Waals surface area contributed by atoms with Crippen molar-refractivity contribution in [2.75, 3.05) is 12.4 Å². The largest absolute Gasteiger partial charge is 0.464 e. The van der Waals surface area contributed by atoms with E-state index in [9.17, 15) is 14.0 Å². The van der Waals surface area contributed by atoms with Crippen LogP contribution < -0.4 is 5.32 Å². The number of rotatable bonds is 3. The summed E-state index contributed by atoms with van der Waals surface area (Å²) >= 11 is 3.12. The molecule has 7 heteroatoms. The van der Waals surface area contributed by atoms with Crippen LogP contribution in [-0.2, 0) is 4.74 Å². The Morgan fingerprint density at radius 3 is 2.62 bits per heavy atom. The van der Waals surface area contributed by atoms with Crippen molar-refractivity contribution in [1.82, 2.24) is 4.98 Å². The van der Waals surface area contributed by atoms with Crippen LogP contribution in [0.1, 0.15) is 21.0 Å². The summed E-state index contributed by atoms with van der Waals surface area (Å²) in [6, 6.07) is 8.57. The monoisotopic (exact) mass is 352 g/mol. The molecule has 0 aliphatic heterocycles. The fourth-order valence-corrected chi connectivity index (χ4v) is 1.89. The van der Waals surface area contributed by atoms with Crippen molar-refractivity contribution >= 4 is 33.5 Å². The molecule has 1 aromatic heterocycles. The van der Waals surface area contributed by atoms with Gasteiger partial charge in [0.2, 0.25) is 0 Å². The molecule has 0 spiro atoms. The van der Waals surface area contributed by atoms with Gasteiger partial charge in [0.25, 0.3) is 5.91 Å². The Labute approximate surface area is 128 Å². The number of halogens is 2. The lowest BCUT2D eigenvalue weighted by molar-refractivity contribution is 0.0594. The van der Waals surface area contributed by atoms with Gasteiger partial charge in [-0.1, -0.05) is 22.0 Å². The van der Waals surface area contributed by atoms with Crippen molar-refractivity contribution in [3.8, 4) is 0 Å². The molecule has 5 nitrogen and oxygen atoms in total. The molecule has 0 bridgehead atoms. The lowest BCUT2D eigenvalue weighted by Crippen LogP contribution is -2.16. The Balaban J connectivity index is 2.22. The summed E-state index contributed by atoms with van der Waals surface area (Å²) in [5.41, 5.74) is 0.00937. The van der Waals surface area contributed by atoms with Gasteiger partial charge in [-0.25, -0.2) is 14.2 Å². The molecule has 2 rings (SSSR count). The molecule has 0 unspecified atom stereocenters. The van der Waals surface area contributed by atoms with Crippen molar-refractivity contribution in [1.29, 1.82) is 0 Å². The second kappa shape index (κ2) is 6.45. The molecule has 0 radical (unpaired) electrons. The van der Waals surface area contributed by atoms with E-state index < -0.39 is 17.7 Å². The van der Waals surface area contributed by atoms with Crippen LogP contribution >= 0.6 is 15.9 Å². The minimum absolute atomic E-state index is 0.00132. The number of nitrogens with one attached hydrogen (secondary N) is 1. The highest BCUT2D eigenvalue weighted by molar-refractivity contribution is 9.10. The lowest BCUT2D eigenvalue weighted by Gasteiger charge is -2.07. The van der Waals surface area contributed by atoms with Crippen molar-refractivity contribution in [3.05, 3.63) is 58.1 Å². The fraction of sp³-hybridized carbons (Fsp3) is 0.0714. The van der Waals surface area contributed by atoms with Crippen LogP contribution in [0.2, 0.25) is 0 Å². The van der Waals surface area contributed by atoms with Gasteiger partial charge < -0.3 is 10.1 Å². The smallest absolute Gasteiger partial charge is 0.356 e. The Hall–Kier alpha value is -2.28. The predicted molar refractivity (Wildman–Crippen MR) is 77.6 cm³/mol. The summed E-state index contributed by atoms with van der Waals surface area (Å²) in [6.45, 7) is 0. The molecule has 0 fully saturated rings. The summed E-state index contributed by atoms with van der Waals surface area (Å²) in [5.74, 6) is -1.86. The minimum atomic E-state index is -0.653. The maximum atomic E-state index is 13.6. The molecule has 1 aromatic carbocycles. The number of carbonyl (C=O) groups is 2. The second-order valence-electron chi connectivity index (χ2n) is 3.98. The Morgan fingerprint density at radius 2 is 1.95 bits per heavy atom. The minimum Gasteiger partial charge on any atom is -0.464 e. The zero-order valence-corrected chi connectivity index (χ0v) is 12.5. The van der Waals surface area contributed by atoms with Gasteiger partial charge in [-0.15, -0.1) is 0 Å². The van der Waals surface area contributed by atoms with Gasteiger partial charge in [0.15, 0.2) is 0 Å². The zero-order valence-electron chi connectivity index (χ0n) is 10.9. The first-order valence-electron chi connectivity index (χ1n) is 5.83. The van der Waals surface area contributed by atoms with Crippen LogP contribution in [0.4, 0.5) is 10.1 Å². The SMILES string of the molecule is COC(=O)c1cccc(C(=O)Nc2ccc(Br)cc2F)n1. The number of ether oxygens (including phenoxy) is 1. The van der Waals surface area contributed by atoms with Gasteiger partial charge in [-0.05, 0) is 30.3 Å². The molecule has 2 aromatic rings. The van der Waals surface area contributed by atoms with Crippen LogP contribution in [0.25, 0.3) is 0 Å². The normalized spacial score (nSPS) is 10.0. The van der Waals surface area contributed by atoms with E-state index in [4.69, 9.17) is 0 Å². The van der Waals surface area contributed by atoms with Gasteiger partial charge in [-0.3, -0.25) is 4.79 Å². The number of hydrogen-bond acceptors (Lipinski definition) is 4. The fourth-order valence-electron chi connectivity index (χ4n) is 1.56. The van der Waals surface area contributed by atoms with Crippen molar-refractivity contribution in [3.63, 3.8) is 0 Å². The molecule has 1 heterocycles. The Morgan fingerprint density at radius 1 is 1.24 bits per heavy atom. The molecule has 0 atom stereocenters. The summed E-state index contributed by atoms with van der Waals surface area (Å²) in [5, 5.41) is 2.39. The molecule has 21 heavy (non-hydrogen) atoms. The van der Waals surface area contributed by atoms with Gasteiger partial charge in [0, 0.05) is 4.47 Å². The topological polar surface area (TPSA) is 68.3 Å². The third kappa shape index (κ3) is 3.63. The lowest BCUT2D eigenvalue weighted by atomic mass is 10.2. The molecule has 1 N–H and O–H groups in total. The maximum Gasteiger partial charge on any atom is 0.356 e. The van der Waals surface area contributed by atoms with E-state index in [0.29, 0.717) is 4.47 Å². The van der Waals surface area contributed by atoms with E-state index in [-0.39, 0.29) is 17.1 Å². The number of carbonyl (C=O) groups excluding carboxylic acids is 2. The first-order chi connectivity index (χ1) is 10.0. The van der Waals surface area contributed by atoms with Crippen molar-refractivity contribution < 1.29 is 18.7 Å². The third-order valence-corrected chi connectivity index (χ3v) is 3.05. The molecule has 0 saturated carbocycles. The number of hydrogen-bond donors (Lipinski definition) is 1. The molecular weight excluding hydrogens is 343 g/mol. The highest BCUT2D eigenvalue weighted by Gasteiger charge is 2.14. The van der Waals surface area contributed by atoms with Gasteiger partial charge in [0.1, 0.15) is 17.2 Å². The number of pyridine rings is 1. The quantitative estimate of drug-likeness (QED) is 0.862. The van der Waals surface area contributed by atoms with Crippen LogP contribution in [0.3, 0.4) is 0 Å². The Bertz CT molecular complexity index is 706. The van der Waals surface area contributed by atoms with E-state index in [1.807, 2.05) is 0 Å². The number of nitrogens with zero attached hydrogens (tertiary/aromatic N) is 1. The number of methoxy groups -OCH3 is 1. The third-order valence-electron chi connectivity index (χ3n) is 2.56. The molecule has 0 aliphatic rings. The van der Waals surface area contributed by atoms with Crippen LogP contribution in [0, 0.1) is 5.82 Å². The maximum absolute atomic E-state index is 13.6. The molecule has 108 valence electrons. The van der Waals surface area contributed by atoms with Crippen LogP contribution in [0.5, 0.6) is 0 Å². The van der Waals surface area contributed by atoms with E-state index in [2.05, 4.69) is 31.0 Å². The number of esters is 1. The molecule has 0 saturated heterocycles. The molecular formula is C14H10BrFN2O3. The van der Waals surface area contributed by atoms with Crippen LogP contribution in [-0.4, -0.2) is 24.0 Å². The summed E-state index contributed by atoms with van der Waals surface area (Å²) in [6.07, 6.45) is 0. The predicted octanol–water partition coefficient (Wildman–Crippen LogP) is 3.02. The summed E-state index contributed by atoms with van der Waals surface area (Å²) in [4.78, 5) is 27.2. The summed E-state index contributed by atoms with van der Waals surface area (Å²) in [7, 11) is 1.22. The number of amides is 1. The number of anilines is 1. The highest BCUT2D eigenvalue weighted by Crippen LogP contribution is 2.19. The van der Waals surface area contributed by atoms with E-state index in [1.54, 1.807) is 6.07 Å². The number of aromatic nitrogens is 1. The molecule has 1 amide bonds. The van der Waals surface area contributed by atoms with E-state index in [1.165, 1.54) is 37.4 Å². The van der Waals surface area contributed by atoms with E-state index >= 15 is 0 Å². The highest BCUT2D eigenvalue weighted by atomic mass is 79.9. The number of benzene rings is 1. The Kier molecular flexibility index (Phi) is 4.64. The van der Waals surface area contributed by atoms with Crippen LogP contribution in [0.15, 0.2) is 40.9 Å². The van der Waals surface area contributed by atoms with E-state index in [0.717, 1.165) is 0 Å².